The van der Waals surface area contributed by atoms with Crippen molar-refractivity contribution >= 4 is 40.6 Å². The van der Waals surface area contributed by atoms with Crippen LogP contribution in [0.5, 0.6) is 0 Å². The van der Waals surface area contributed by atoms with Crippen LogP contribution in [0.25, 0.3) is 0 Å². The van der Waals surface area contributed by atoms with Crippen LogP contribution in [-0.4, -0.2) is 18.4 Å². The summed E-state index contributed by atoms with van der Waals surface area (Å²) in [4.78, 5) is 22.5. The van der Waals surface area contributed by atoms with Gasteiger partial charge in [0, 0.05) is 5.56 Å². The number of halogens is 2. The van der Waals surface area contributed by atoms with E-state index in [0.717, 1.165) is 0 Å². The van der Waals surface area contributed by atoms with Crippen molar-refractivity contribution in [1.82, 2.24) is 0 Å². The molecule has 0 aromatic heterocycles. The highest BCUT2D eigenvalue weighted by Gasteiger charge is 2.13. The van der Waals surface area contributed by atoms with E-state index >= 15 is 0 Å². The third kappa shape index (κ3) is 3.62. The van der Waals surface area contributed by atoms with Gasteiger partial charge in [0.25, 0.3) is 0 Å². The molecule has 0 saturated heterocycles. The fraction of sp³-hybridized carbons (Fsp3) is 0.182. The Morgan fingerprint density at radius 2 is 1.89 bits per heavy atom. The molecule has 1 rings (SSSR count). The number of carbonyl (C=O) groups excluding carboxylic acids is 2. The van der Waals surface area contributed by atoms with Crippen LogP contribution in [-0.2, 0) is 9.53 Å². The number of carbonyl (C=O) groups is 2. The van der Waals surface area contributed by atoms with E-state index in [-0.39, 0.29) is 21.3 Å². The van der Waals surface area contributed by atoms with Crippen molar-refractivity contribution in [1.29, 1.82) is 5.26 Å². The molecule has 0 aliphatic carbocycles. The van der Waals surface area contributed by atoms with Gasteiger partial charge in [-0.1, -0.05) is 23.2 Å². The van der Waals surface area contributed by atoms with Crippen molar-refractivity contribution in [2.45, 2.75) is 6.42 Å². The van der Waals surface area contributed by atoms with Gasteiger partial charge in [0.05, 0.1) is 21.8 Å². The van der Waals surface area contributed by atoms with Crippen LogP contribution in [0, 0.1) is 11.3 Å². The van der Waals surface area contributed by atoms with E-state index in [1.54, 1.807) is 6.07 Å². The number of anilines is 1. The zero-order valence-corrected chi connectivity index (χ0v) is 10.6. The molecule has 18 heavy (non-hydrogen) atoms. The monoisotopic (exact) mass is 286 g/mol. The van der Waals surface area contributed by atoms with Gasteiger partial charge in [-0.3, -0.25) is 9.59 Å². The van der Waals surface area contributed by atoms with Crippen molar-refractivity contribution in [3.05, 3.63) is 27.7 Å². The molecule has 94 valence electrons. The lowest BCUT2D eigenvalue weighted by Crippen LogP contribution is -2.13. The lowest BCUT2D eigenvalue weighted by molar-refractivity contribution is -0.141. The summed E-state index contributed by atoms with van der Waals surface area (Å²) in [6, 6.07) is 4.29. The summed E-state index contributed by atoms with van der Waals surface area (Å²) in [5.74, 6) is -1.25. The van der Waals surface area contributed by atoms with Crippen molar-refractivity contribution in [2.75, 3.05) is 12.3 Å². The summed E-state index contributed by atoms with van der Waals surface area (Å²) < 4.78 is 4.58. The zero-order valence-electron chi connectivity index (χ0n) is 9.07. The average Bonchev–Trinajstić information content (AvgIpc) is 2.32. The Morgan fingerprint density at radius 3 is 2.39 bits per heavy atom. The van der Waals surface area contributed by atoms with E-state index in [9.17, 15) is 9.59 Å². The Balaban J connectivity index is 2.74. The first-order valence-corrected chi connectivity index (χ1v) is 5.51. The van der Waals surface area contributed by atoms with Gasteiger partial charge in [-0.05, 0) is 12.1 Å². The Bertz CT molecular complexity index is 515. The molecule has 0 fully saturated rings. The average molecular weight is 287 g/mol. The number of benzene rings is 1. The minimum Gasteiger partial charge on any atom is -0.457 e. The number of Topliss-reactive ketones (excluding diaryl/α,β-unsaturated/α-hetero) is 1. The molecule has 0 heterocycles. The quantitative estimate of drug-likeness (QED) is 0.520. The number of ether oxygens (including phenoxy) is 1. The van der Waals surface area contributed by atoms with Gasteiger partial charge in [0.2, 0.25) is 0 Å². The van der Waals surface area contributed by atoms with E-state index in [0.29, 0.717) is 0 Å². The van der Waals surface area contributed by atoms with Crippen LogP contribution in [0.3, 0.4) is 0 Å². The number of ketones is 1. The first-order valence-electron chi connectivity index (χ1n) is 4.76. The van der Waals surface area contributed by atoms with E-state index < -0.39 is 24.8 Å². The number of nitriles is 1. The van der Waals surface area contributed by atoms with Crippen molar-refractivity contribution in [3.8, 4) is 6.07 Å². The molecule has 0 bridgehead atoms. The molecule has 0 amide bonds. The Morgan fingerprint density at radius 1 is 1.33 bits per heavy atom. The number of hydrogen-bond donors (Lipinski definition) is 1. The van der Waals surface area contributed by atoms with Gasteiger partial charge in [0.15, 0.2) is 12.4 Å². The minimum absolute atomic E-state index is 0.147. The number of nitrogens with zero attached hydrogens (tertiary/aromatic N) is 1. The first-order chi connectivity index (χ1) is 8.45. The molecular weight excluding hydrogens is 279 g/mol. The molecule has 0 radical (unpaired) electrons. The molecule has 5 nitrogen and oxygen atoms in total. The molecule has 7 heteroatoms. The standard InChI is InChI=1S/C11H8Cl2N2O3/c12-7-3-6(4-8(13)11(7)15)9(16)5-18-10(17)1-2-14/h3-4H,1,5,15H2. The molecule has 0 saturated carbocycles. The normalized spacial score (nSPS) is 9.61. The molecule has 0 spiro atoms. The van der Waals surface area contributed by atoms with Crippen LogP contribution in [0.2, 0.25) is 10.0 Å². The van der Waals surface area contributed by atoms with E-state index in [2.05, 4.69) is 4.74 Å². The molecule has 1 aromatic carbocycles. The minimum atomic E-state index is -0.765. The van der Waals surface area contributed by atoms with Crippen LogP contribution < -0.4 is 5.73 Å². The maximum Gasteiger partial charge on any atom is 0.320 e. The van der Waals surface area contributed by atoms with E-state index in [4.69, 9.17) is 34.2 Å². The third-order valence-corrected chi connectivity index (χ3v) is 2.61. The van der Waals surface area contributed by atoms with Gasteiger partial charge in [-0.2, -0.15) is 5.26 Å². The Hall–Kier alpha value is -1.77. The fourth-order valence-corrected chi connectivity index (χ4v) is 1.58. The molecule has 0 atom stereocenters. The fourth-order valence-electron chi connectivity index (χ4n) is 1.09. The van der Waals surface area contributed by atoms with E-state index in [1.165, 1.54) is 12.1 Å². The predicted molar refractivity (Wildman–Crippen MR) is 66.4 cm³/mol. The summed E-state index contributed by atoms with van der Waals surface area (Å²) in [7, 11) is 0. The van der Waals surface area contributed by atoms with Gasteiger partial charge < -0.3 is 10.5 Å². The number of nitrogen functional groups attached to an aromatic ring is 1. The number of hydrogen-bond acceptors (Lipinski definition) is 5. The van der Waals surface area contributed by atoms with Crippen LogP contribution >= 0.6 is 23.2 Å². The smallest absolute Gasteiger partial charge is 0.320 e. The summed E-state index contributed by atoms with van der Waals surface area (Å²) in [6.45, 7) is -0.475. The van der Waals surface area contributed by atoms with Crippen molar-refractivity contribution in [3.63, 3.8) is 0 Å². The lowest BCUT2D eigenvalue weighted by Gasteiger charge is -2.06. The second kappa shape index (κ2) is 6.24. The topological polar surface area (TPSA) is 93.2 Å². The third-order valence-electron chi connectivity index (χ3n) is 1.99. The molecule has 0 aliphatic heterocycles. The maximum absolute atomic E-state index is 11.7. The predicted octanol–water partition coefficient (Wildman–Crippen LogP) is 2.22. The highest BCUT2D eigenvalue weighted by Crippen LogP contribution is 2.28. The van der Waals surface area contributed by atoms with Gasteiger partial charge in [0.1, 0.15) is 6.42 Å². The summed E-state index contributed by atoms with van der Waals surface area (Å²) in [5.41, 5.74) is 5.88. The molecule has 2 N–H and O–H groups in total. The van der Waals surface area contributed by atoms with Crippen molar-refractivity contribution < 1.29 is 14.3 Å². The van der Waals surface area contributed by atoms with Gasteiger partial charge in [-0.15, -0.1) is 0 Å². The maximum atomic E-state index is 11.7. The zero-order chi connectivity index (χ0) is 13.7. The largest absolute Gasteiger partial charge is 0.457 e. The molecule has 0 aliphatic rings. The SMILES string of the molecule is N#CCC(=O)OCC(=O)c1cc(Cl)c(N)c(Cl)c1. The van der Waals surface area contributed by atoms with Crippen LogP contribution in [0.15, 0.2) is 12.1 Å². The molecule has 0 unspecified atom stereocenters. The summed E-state index contributed by atoms with van der Waals surface area (Å²) >= 11 is 11.5. The van der Waals surface area contributed by atoms with Crippen LogP contribution in [0.4, 0.5) is 5.69 Å². The number of esters is 1. The van der Waals surface area contributed by atoms with Gasteiger partial charge in [-0.25, -0.2) is 0 Å². The summed E-state index contributed by atoms with van der Waals surface area (Å²) in [6.07, 6.45) is -0.406. The van der Waals surface area contributed by atoms with Crippen molar-refractivity contribution in [2.24, 2.45) is 0 Å². The van der Waals surface area contributed by atoms with Crippen LogP contribution in [0.1, 0.15) is 16.8 Å². The second-order valence-electron chi connectivity index (χ2n) is 3.27. The second-order valence-corrected chi connectivity index (χ2v) is 4.09. The number of nitrogens with two attached hydrogens (primary N) is 1. The first kappa shape index (κ1) is 14.3. The summed E-state index contributed by atoms with van der Waals surface area (Å²) in [5, 5.41) is 8.53. The Kier molecular flexibility index (Phi) is 4.95. The Labute approximate surface area is 113 Å². The highest BCUT2D eigenvalue weighted by atomic mass is 35.5. The lowest BCUT2D eigenvalue weighted by atomic mass is 10.1. The van der Waals surface area contributed by atoms with Gasteiger partial charge >= 0.3 is 5.97 Å². The molecule has 1 aromatic rings. The highest BCUT2D eigenvalue weighted by molar-refractivity contribution is 6.39. The molecular formula is C11H8Cl2N2O3. The van der Waals surface area contributed by atoms with E-state index in [1.807, 2.05) is 0 Å². The number of rotatable bonds is 4.